The van der Waals surface area contributed by atoms with Crippen LogP contribution >= 0.6 is 0 Å². The van der Waals surface area contributed by atoms with Crippen molar-refractivity contribution in [2.45, 2.75) is 6.54 Å². The van der Waals surface area contributed by atoms with Crippen molar-refractivity contribution in [2.24, 2.45) is 0 Å². The number of hydrogen-bond donors (Lipinski definition) is 0. The Hall–Kier alpha value is -2.36. The fraction of sp³-hybridized carbons (Fsp3) is 0.0769. The Morgan fingerprint density at radius 3 is 3.06 bits per heavy atom. The van der Waals surface area contributed by atoms with Crippen LogP contribution in [-0.2, 0) is 6.54 Å². The van der Waals surface area contributed by atoms with E-state index in [1.165, 1.54) is 6.20 Å². The number of rotatable bonds is 2. The third kappa shape index (κ3) is 1.38. The standard InChI is InChI=1S/C13H11N3O/c1-2-7-15-9-14-11-8-16(17)12-6-4-3-5-10(12)13(11)15/h2-6,8-9H,1,7H2. The Balaban J connectivity index is 2.50. The van der Waals surface area contributed by atoms with Crippen LogP contribution in [0.4, 0.5) is 0 Å². The summed E-state index contributed by atoms with van der Waals surface area (Å²) >= 11 is 0. The molecule has 17 heavy (non-hydrogen) atoms. The second kappa shape index (κ2) is 3.59. The van der Waals surface area contributed by atoms with Gasteiger partial charge in [0.15, 0.2) is 5.52 Å². The van der Waals surface area contributed by atoms with E-state index in [9.17, 15) is 5.21 Å². The molecule has 3 rings (SSSR count). The molecule has 0 fully saturated rings. The zero-order valence-corrected chi connectivity index (χ0v) is 9.21. The number of fused-ring (bicyclic) bond motifs is 3. The minimum atomic E-state index is 0.658. The molecule has 0 atom stereocenters. The van der Waals surface area contributed by atoms with Crippen molar-refractivity contribution in [2.75, 3.05) is 0 Å². The maximum Gasteiger partial charge on any atom is 0.226 e. The minimum absolute atomic E-state index is 0.658. The first-order chi connectivity index (χ1) is 8.31. The molecule has 0 saturated heterocycles. The third-order valence-corrected chi connectivity index (χ3v) is 2.83. The molecule has 1 aromatic carbocycles. The molecule has 2 heterocycles. The molecule has 4 nitrogen and oxygen atoms in total. The van der Waals surface area contributed by atoms with E-state index in [-0.39, 0.29) is 0 Å². The van der Waals surface area contributed by atoms with Crippen molar-refractivity contribution in [1.29, 1.82) is 0 Å². The van der Waals surface area contributed by atoms with E-state index in [4.69, 9.17) is 0 Å². The predicted octanol–water partition coefficient (Wildman–Crippen LogP) is 2.01. The van der Waals surface area contributed by atoms with Crippen LogP contribution in [0.3, 0.4) is 0 Å². The smallest absolute Gasteiger partial charge is 0.226 e. The average Bonchev–Trinajstić information content (AvgIpc) is 2.73. The molecule has 84 valence electrons. The molecule has 0 spiro atoms. The topological polar surface area (TPSA) is 44.8 Å². The first kappa shape index (κ1) is 9.84. The van der Waals surface area contributed by atoms with Gasteiger partial charge >= 0.3 is 0 Å². The largest absolute Gasteiger partial charge is 0.618 e. The van der Waals surface area contributed by atoms with Gasteiger partial charge in [0.05, 0.1) is 17.2 Å². The number of hydrogen-bond acceptors (Lipinski definition) is 2. The van der Waals surface area contributed by atoms with Gasteiger partial charge in [0, 0.05) is 12.6 Å². The summed E-state index contributed by atoms with van der Waals surface area (Å²) in [6.07, 6.45) is 5.06. The second-order valence-electron chi connectivity index (χ2n) is 3.89. The number of para-hydroxylation sites is 1. The summed E-state index contributed by atoms with van der Waals surface area (Å²) < 4.78 is 2.85. The van der Waals surface area contributed by atoms with Crippen LogP contribution in [0.15, 0.2) is 49.4 Å². The van der Waals surface area contributed by atoms with Crippen molar-refractivity contribution >= 4 is 21.9 Å². The Morgan fingerprint density at radius 2 is 2.24 bits per heavy atom. The summed E-state index contributed by atoms with van der Waals surface area (Å²) in [6.45, 7) is 4.41. The molecule has 0 bridgehead atoms. The molecule has 0 aliphatic carbocycles. The number of nitrogens with zero attached hydrogens (tertiary/aromatic N) is 3. The number of pyridine rings is 1. The van der Waals surface area contributed by atoms with E-state index in [1.807, 2.05) is 34.9 Å². The first-order valence-electron chi connectivity index (χ1n) is 5.38. The molecule has 0 N–H and O–H groups in total. The van der Waals surface area contributed by atoms with Gasteiger partial charge in [-0.05, 0) is 6.07 Å². The molecule has 0 amide bonds. The lowest BCUT2D eigenvalue weighted by Crippen LogP contribution is -2.26. The lowest BCUT2D eigenvalue weighted by atomic mass is 10.2. The van der Waals surface area contributed by atoms with E-state index in [0.29, 0.717) is 17.6 Å². The summed E-state index contributed by atoms with van der Waals surface area (Å²) in [4.78, 5) is 4.24. The van der Waals surface area contributed by atoms with Gasteiger partial charge in [-0.3, -0.25) is 0 Å². The maximum absolute atomic E-state index is 11.8. The quantitative estimate of drug-likeness (QED) is 0.380. The van der Waals surface area contributed by atoms with Crippen molar-refractivity contribution < 1.29 is 4.73 Å². The van der Waals surface area contributed by atoms with Crippen molar-refractivity contribution in [3.8, 4) is 0 Å². The Labute approximate surface area is 98.0 Å². The summed E-state index contributed by atoms with van der Waals surface area (Å²) in [5.41, 5.74) is 2.35. The van der Waals surface area contributed by atoms with Gasteiger partial charge < -0.3 is 9.77 Å². The monoisotopic (exact) mass is 225 g/mol. The van der Waals surface area contributed by atoms with Gasteiger partial charge in [-0.2, -0.15) is 4.73 Å². The highest BCUT2D eigenvalue weighted by Crippen LogP contribution is 2.21. The lowest BCUT2D eigenvalue weighted by molar-refractivity contribution is -0.575. The van der Waals surface area contributed by atoms with Gasteiger partial charge in [-0.15, -0.1) is 6.58 Å². The number of allylic oxidation sites excluding steroid dienone is 1. The normalized spacial score (nSPS) is 11.1. The van der Waals surface area contributed by atoms with Crippen molar-refractivity contribution in [1.82, 2.24) is 9.55 Å². The maximum atomic E-state index is 11.8. The molecule has 0 unspecified atom stereocenters. The van der Waals surface area contributed by atoms with E-state index < -0.39 is 0 Å². The van der Waals surface area contributed by atoms with E-state index in [0.717, 1.165) is 15.6 Å². The zero-order chi connectivity index (χ0) is 11.8. The van der Waals surface area contributed by atoms with Crippen LogP contribution in [0, 0.1) is 5.21 Å². The van der Waals surface area contributed by atoms with Gasteiger partial charge in [-0.25, -0.2) is 4.98 Å². The van der Waals surface area contributed by atoms with Crippen LogP contribution in [0.1, 0.15) is 0 Å². The number of imidazole rings is 1. The molecule has 3 aromatic rings. The molecule has 0 radical (unpaired) electrons. The zero-order valence-electron chi connectivity index (χ0n) is 9.21. The summed E-state index contributed by atoms with van der Waals surface area (Å²) in [6, 6.07) is 7.53. The minimum Gasteiger partial charge on any atom is -0.618 e. The van der Waals surface area contributed by atoms with Gasteiger partial charge in [0.1, 0.15) is 0 Å². The van der Waals surface area contributed by atoms with Gasteiger partial charge in [0.25, 0.3) is 0 Å². The van der Waals surface area contributed by atoms with E-state index in [1.54, 1.807) is 6.33 Å². The summed E-state index contributed by atoms with van der Waals surface area (Å²) in [5, 5.41) is 12.7. The Bertz CT molecular complexity index is 715. The van der Waals surface area contributed by atoms with Crippen molar-refractivity contribution in [3.63, 3.8) is 0 Å². The molecular formula is C13H11N3O. The highest BCUT2D eigenvalue weighted by atomic mass is 16.5. The summed E-state index contributed by atoms with van der Waals surface area (Å²) in [7, 11) is 0. The average molecular weight is 225 g/mol. The first-order valence-corrected chi connectivity index (χ1v) is 5.38. The Morgan fingerprint density at radius 1 is 1.41 bits per heavy atom. The molecule has 2 aromatic heterocycles. The second-order valence-corrected chi connectivity index (χ2v) is 3.89. The Kier molecular flexibility index (Phi) is 2.08. The molecule has 0 aliphatic heterocycles. The van der Waals surface area contributed by atoms with Gasteiger partial charge in [-0.1, -0.05) is 18.2 Å². The molecular weight excluding hydrogens is 214 g/mol. The molecule has 0 saturated carbocycles. The van der Waals surface area contributed by atoms with E-state index >= 15 is 0 Å². The van der Waals surface area contributed by atoms with Crippen LogP contribution in [0.25, 0.3) is 21.9 Å². The predicted molar refractivity (Wildman–Crippen MR) is 66.4 cm³/mol. The fourth-order valence-corrected chi connectivity index (χ4v) is 2.11. The molecule has 0 aliphatic rings. The van der Waals surface area contributed by atoms with Gasteiger partial charge in [0.2, 0.25) is 11.7 Å². The van der Waals surface area contributed by atoms with Crippen LogP contribution < -0.4 is 4.73 Å². The fourth-order valence-electron chi connectivity index (χ4n) is 2.11. The third-order valence-electron chi connectivity index (χ3n) is 2.83. The van der Waals surface area contributed by atoms with E-state index in [2.05, 4.69) is 11.6 Å². The van der Waals surface area contributed by atoms with Crippen LogP contribution in [0.5, 0.6) is 0 Å². The van der Waals surface area contributed by atoms with Crippen molar-refractivity contribution in [3.05, 3.63) is 54.7 Å². The van der Waals surface area contributed by atoms with Crippen LogP contribution in [-0.4, -0.2) is 9.55 Å². The SMILES string of the molecule is C=CCn1cnc2c[n+]([O-])c3ccccc3c21. The number of aromatic nitrogens is 3. The molecule has 4 heteroatoms. The van der Waals surface area contributed by atoms with Crippen LogP contribution in [0.2, 0.25) is 0 Å². The summed E-state index contributed by atoms with van der Waals surface area (Å²) in [5.74, 6) is 0. The highest BCUT2D eigenvalue weighted by molar-refractivity contribution is 6.00. The lowest BCUT2D eigenvalue weighted by Gasteiger charge is -2.04. The highest BCUT2D eigenvalue weighted by Gasteiger charge is 2.12. The number of benzene rings is 1.